The molecule has 2 rings (SSSR count). The van der Waals surface area contributed by atoms with Crippen LogP contribution < -0.4 is 10.1 Å². The number of methoxy groups -OCH3 is 1. The second-order valence-corrected chi connectivity index (χ2v) is 7.11. The normalized spacial score (nSPS) is 21.9. The van der Waals surface area contributed by atoms with E-state index in [1.807, 2.05) is 45.0 Å². The predicted molar refractivity (Wildman–Crippen MR) is 85.9 cm³/mol. The van der Waals surface area contributed by atoms with E-state index >= 15 is 0 Å². The van der Waals surface area contributed by atoms with Crippen LogP contribution >= 0.6 is 0 Å². The van der Waals surface area contributed by atoms with E-state index < -0.39 is 6.04 Å². The van der Waals surface area contributed by atoms with Gasteiger partial charge < -0.3 is 10.1 Å². The van der Waals surface area contributed by atoms with Gasteiger partial charge in [-0.05, 0) is 36.3 Å². The van der Waals surface area contributed by atoms with Gasteiger partial charge in [0.2, 0.25) is 5.91 Å². The van der Waals surface area contributed by atoms with E-state index in [-0.39, 0.29) is 28.9 Å². The third kappa shape index (κ3) is 3.49. The monoisotopic (exact) mass is 303 g/mol. The van der Waals surface area contributed by atoms with Gasteiger partial charge in [0.15, 0.2) is 5.78 Å². The molecule has 1 aliphatic carbocycles. The molecule has 0 bridgehead atoms. The van der Waals surface area contributed by atoms with Crippen LogP contribution in [-0.2, 0) is 9.59 Å². The standard InChI is InChI=1S/C18H25NO3/c1-11(20)16(18(2,3)4)19-17(21)14-10-13(14)12-8-6-7-9-15(12)22-5/h6-9,13-14,16H,10H2,1-5H3,(H,19,21)/t13?,14-,16-/m1/s1. The molecular formula is C18H25NO3. The SMILES string of the molecule is COc1ccccc1C1C[C@H]1C(=O)N[C@H](C(C)=O)C(C)(C)C. The van der Waals surface area contributed by atoms with Crippen LogP contribution in [0, 0.1) is 11.3 Å². The maximum absolute atomic E-state index is 12.4. The van der Waals surface area contributed by atoms with E-state index in [9.17, 15) is 9.59 Å². The van der Waals surface area contributed by atoms with Crippen molar-refractivity contribution in [1.82, 2.24) is 5.32 Å². The number of para-hydroxylation sites is 1. The van der Waals surface area contributed by atoms with Crippen molar-refractivity contribution in [2.75, 3.05) is 7.11 Å². The number of carbonyl (C=O) groups excluding carboxylic acids is 2. The Labute approximate surface area is 132 Å². The Morgan fingerprint density at radius 2 is 1.91 bits per heavy atom. The first-order chi connectivity index (χ1) is 10.3. The number of hydrogen-bond donors (Lipinski definition) is 1. The zero-order chi connectivity index (χ0) is 16.5. The Hall–Kier alpha value is -1.84. The molecule has 1 unspecified atom stereocenters. The highest BCUT2D eigenvalue weighted by atomic mass is 16.5. The smallest absolute Gasteiger partial charge is 0.224 e. The molecule has 3 atom stereocenters. The molecule has 22 heavy (non-hydrogen) atoms. The highest BCUT2D eigenvalue weighted by Crippen LogP contribution is 2.50. The minimum absolute atomic E-state index is 0.00431. The lowest BCUT2D eigenvalue weighted by atomic mass is 9.84. The third-order valence-electron chi connectivity index (χ3n) is 4.22. The molecule has 1 aromatic rings. The Balaban J connectivity index is 2.06. The number of Topliss-reactive ketones (excluding diaryl/α,β-unsaturated/α-hetero) is 1. The number of ether oxygens (including phenoxy) is 1. The maximum Gasteiger partial charge on any atom is 0.224 e. The summed E-state index contributed by atoms with van der Waals surface area (Å²) in [7, 11) is 1.64. The number of ketones is 1. The molecule has 0 heterocycles. The van der Waals surface area contributed by atoms with Crippen LogP contribution in [0.1, 0.15) is 45.6 Å². The lowest BCUT2D eigenvalue weighted by Crippen LogP contribution is -2.48. The molecule has 0 spiro atoms. The molecule has 1 fully saturated rings. The molecular weight excluding hydrogens is 278 g/mol. The van der Waals surface area contributed by atoms with Gasteiger partial charge in [0.05, 0.1) is 13.2 Å². The van der Waals surface area contributed by atoms with E-state index in [4.69, 9.17) is 4.74 Å². The average molecular weight is 303 g/mol. The van der Waals surface area contributed by atoms with Crippen molar-refractivity contribution >= 4 is 11.7 Å². The summed E-state index contributed by atoms with van der Waals surface area (Å²) in [4.78, 5) is 24.2. The van der Waals surface area contributed by atoms with Gasteiger partial charge in [0.1, 0.15) is 5.75 Å². The molecule has 1 saturated carbocycles. The molecule has 0 radical (unpaired) electrons. The van der Waals surface area contributed by atoms with Gasteiger partial charge in [0.25, 0.3) is 0 Å². The Kier molecular flexibility index (Phi) is 4.59. The molecule has 4 heteroatoms. The van der Waals surface area contributed by atoms with E-state index in [1.54, 1.807) is 7.11 Å². The highest BCUT2D eigenvalue weighted by molar-refractivity contribution is 5.90. The van der Waals surface area contributed by atoms with Crippen LogP contribution in [0.15, 0.2) is 24.3 Å². The molecule has 0 saturated heterocycles. The van der Waals surface area contributed by atoms with E-state index in [1.165, 1.54) is 6.92 Å². The number of carbonyl (C=O) groups is 2. The van der Waals surface area contributed by atoms with Crippen LogP contribution in [0.5, 0.6) is 5.75 Å². The zero-order valence-electron chi connectivity index (χ0n) is 14.0. The number of hydrogen-bond acceptors (Lipinski definition) is 3. The lowest BCUT2D eigenvalue weighted by molar-refractivity contribution is -0.129. The van der Waals surface area contributed by atoms with Gasteiger partial charge in [-0.1, -0.05) is 39.0 Å². The molecule has 0 aliphatic heterocycles. The van der Waals surface area contributed by atoms with Crippen molar-refractivity contribution in [3.8, 4) is 5.75 Å². The first-order valence-electron chi connectivity index (χ1n) is 7.69. The van der Waals surface area contributed by atoms with Crippen molar-refractivity contribution in [3.05, 3.63) is 29.8 Å². The summed E-state index contributed by atoms with van der Waals surface area (Å²) in [5, 5.41) is 2.93. The number of benzene rings is 1. The number of rotatable bonds is 5. The minimum Gasteiger partial charge on any atom is -0.496 e. The first kappa shape index (κ1) is 16.5. The minimum atomic E-state index is -0.445. The molecule has 0 aromatic heterocycles. The molecule has 1 aromatic carbocycles. The molecule has 1 N–H and O–H groups in total. The summed E-state index contributed by atoms with van der Waals surface area (Å²) < 4.78 is 5.36. The summed E-state index contributed by atoms with van der Waals surface area (Å²) in [5.41, 5.74) is 0.788. The fraction of sp³-hybridized carbons (Fsp3) is 0.556. The number of nitrogens with one attached hydrogen (secondary N) is 1. The van der Waals surface area contributed by atoms with Crippen LogP contribution in [0.3, 0.4) is 0 Å². The maximum atomic E-state index is 12.4. The Morgan fingerprint density at radius 1 is 1.27 bits per heavy atom. The largest absolute Gasteiger partial charge is 0.496 e. The highest BCUT2D eigenvalue weighted by Gasteiger charge is 2.46. The van der Waals surface area contributed by atoms with Crippen molar-refractivity contribution < 1.29 is 14.3 Å². The van der Waals surface area contributed by atoms with Crippen LogP contribution in [0.2, 0.25) is 0 Å². The number of amides is 1. The van der Waals surface area contributed by atoms with Crippen LogP contribution in [0.4, 0.5) is 0 Å². The predicted octanol–water partition coefficient (Wildman–Crippen LogP) is 2.92. The van der Waals surface area contributed by atoms with Crippen molar-refractivity contribution in [1.29, 1.82) is 0 Å². The zero-order valence-corrected chi connectivity index (χ0v) is 14.0. The van der Waals surface area contributed by atoms with Crippen molar-refractivity contribution in [2.45, 2.75) is 46.1 Å². The van der Waals surface area contributed by atoms with E-state index in [2.05, 4.69) is 5.32 Å². The van der Waals surface area contributed by atoms with Gasteiger partial charge in [-0.25, -0.2) is 0 Å². The van der Waals surface area contributed by atoms with Crippen molar-refractivity contribution in [2.24, 2.45) is 11.3 Å². The molecule has 1 aliphatic rings. The fourth-order valence-corrected chi connectivity index (χ4v) is 2.98. The summed E-state index contributed by atoms with van der Waals surface area (Å²) >= 11 is 0. The lowest BCUT2D eigenvalue weighted by Gasteiger charge is -2.29. The first-order valence-corrected chi connectivity index (χ1v) is 7.69. The molecule has 4 nitrogen and oxygen atoms in total. The summed E-state index contributed by atoms with van der Waals surface area (Å²) in [6.45, 7) is 7.42. The van der Waals surface area contributed by atoms with Crippen LogP contribution in [-0.4, -0.2) is 24.8 Å². The average Bonchev–Trinajstić information content (AvgIpc) is 3.23. The quantitative estimate of drug-likeness (QED) is 0.910. The van der Waals surface area contributed by atoms with Gasteiger partial charge in [-0.2, -0.15) is 0 Å². The topological polar surface area (TPSA) is 55.4 Å². The Morgan fingerprint density at radius 3 is 2.45 bits per heavy atom. The molecule has 120 valence electrons. The van der Waals surface area contributed by atoms with Crippen molar-refractivity contribution in [3.63, 3.8) is 0 Å². The second-order valence-electron chi connectivity index (χ2n) is 7.11. The Bertz CT molecular complexity index is 574. The third-order valence-corrected chi connectivity index (χ3v) is 4.22. The van der Waals surface area contributed by atoms with Gasteiger partial charge in [-0.15, -0.1) is 0 Å². The van der Waals surface area contributed by atoms with Gasteiger partial charge in [-0.3, -0.25) is 9.59 Å². The van der Waals surface area contributed by atoms with E-state index in [0.717, 1.165) is 17.7 Å². The van der Waals surface area contributed by atoms with Gasteiger partial charge in [0, 0.05) is 5.92 Å². The summed E-state index contributed by atoms with van der Waals surface area (Å²) in [6.07, 6.45) is 0.807. The summed E-state index contributed by atoms with van der Waals surface area (Å²) in [6, 6.07) is 7.35. The summed E-state index contributed by atoms with van der Waals surface area (Å²) in [5.74, 6) is 0.896. The molecule has 1 amide bonds. The van der Waals surface area contributed by atoms with E-state index in [0.29, 0.717) is 0 Å². The van der Waals surface area contributed by atoms with Gasteiger partial charge >= 0.3 is 0 Å². The fourth-order valence-electron chi connectivity index (χ4n) is 2.98. The second kappa shape index (κ2) is 6.11. The van der Waals surface area contributed by atoms with Crippen LogP contribution in [0.25, 0.3) is 0 Å².